The lowest BCUT2D eigenvalue weighted by Crippen LogP contribution is -2.25. The molecule has 1 aromatic heterocycles. The second kappa shape index (κ2) is 5.38. The maximum atomic E-state index is 10.8. The summed E-state index contributed by atoms with van der Waals surface area (Å²) in [6, 6.07) is 1.51. The Morgan fingerprint density at radius 3 is 2.88 bits per heavy atom. The van der Waals surface area contributed by atoms with Crippen LogP contribution < -0.4 is 5.32 Å². The van der Waals surface area contributed by atoms with E-state index in [1.54, 1.807) is 6.92 Å². The van der Waals surface area contributed by atoms with Gasteiger partial charge >= 0.3 is 5.97 Å². The summed E-state index contributed by atoms with van der Waals surface area (Å²) < 4.78 is 5.30. The number of carboxylic acids is 1. The lowest BCUT2D eigenvalue weighted by molar-refractivity contribution is 0.0695. The van der Waals surface area contributed by atoms with E-state index in [-0.39, 0.29) is 11.6 Å². The highest BCUT2D eigenvalue weighted by Crippen LogP contribution is 2.14. The van der Waals surface area contributed by atoms with Gasteiger partial charge in [0, 0.05) is 0 Å². The Balaban J connectivity index is 2.66. The zero-order chi connectivity index (χ0) is 12.1. The maximum absolute atomic E-state index is 10.8. The summed E-state index contributed by atoms with van der Waals surface area (Å²) in [4.78, 5) is 10.8. The van der Waals surface area contributed by atoms with Gasteiger partial charge in [-0.05, 0) is 19.4 Å². The first kappa shape index (κ1) is 12.3. The Hall–Kier alpha value is -1.73. The second-order valence-corrected chi connectivity index (χ2v) is 3.50. The van der Waals surface area contributed by atoms with E-state index in [0.29, 0.717) is 18.1 Å². The Bertz CT molecular complexity index is 414. The van der Waals surface area contributed by atoms with Gasteiger partial charge in [-0.2, -0.15) is 0 Å². The summed E-state index contributed by atoms with van der Waals surface area (Å²) in [5.41, 5.74) is 0.200. The summed E-state index contributed by atoms with van der Waals surface area (Å²) in [5.74, 6) is 2.62. The van der Waals surface area contributed by atoms with Gasteiger partial charge in [-0.1, -0.05) is 12.8 Å². The van der Waals surface area contributed by atoms with Crippen LogP contribution in [0.25, 0.3) is 0 Å². The number of terminal acetylenes is 1. The summed E-state index contributed by atoms with van der Waals surface area (Å²) in [6.07, 6.45) is 6.11. The van der Waals surface area contributed by atoms with E-state index in [0.717, 1.165) is 6.42 Å². The van der Waals surface area contributed by atoms with Crippen molar-refractivity contribution in [3.63, 3.8) is 0 Å². The molecule has 0 aliphatic heterocycles. The number of aromatic carboxylic acids is 1. The molecular weight excluding hydrogens is 206 g/mol. The quantitative estimate of drug-likeness (QED) is 0.744. The number of nitrogens with one attached hydrogen (secondary N) is 1. The molecule has 0 aromatic carbocycles. The van der Waals surface area contributed by atoms with Gasteiger partial charge in [0.25, 0.3) is 0 Å². The molecule has 1 aromatic rings. The molecule has 2 N–H and O–H groups in total. The Morgan fingerprint density at radius 1 is 1.75 bits per heavy atom. The number of rotatable bonds is 5. The van der Waals surface area contributed by atoms with Gasteiger partial charge in [0.1, 0.15) is 17.1 Å². The van der Waals surface area contributed by atoms with Gasteiger partial charge in [-0.15, -0.1) is 6.42 Å². The first-order valence-corrected chi connectivity index (χ1v) is 5.10. The minimum absolute atomic E-state index is 0.0151. The largest absolute Gasteiger partial charge is 0.478 e. The van der Waals surface area contributed by atoms with E-state index < -0.39 is 5.97 Å². The molecular formula is C12H15NO3. The van der Waals surface area contributed by atoms with E-state index in [9.17, 15) is 4.79 Å². The van der Waals surface area contributed by atoms with Crippen LogP contribution in [0.4, 0.5) is 0 Å². The third kappa shape index (κ3) is 2.88. The van der Waals surface area contributed by atoms with Crippen molar-refractivity contribution in [2.24, 2.45) is 0 Å². The van der Waals surface area contributed by atoms with Crippen molar-refractivity contribution in [2.45, 2.75) is 32.9 Å². The third-order valence-corrected chi connectivity index (χ3v) is 2.33. The second-order valence-electron chi connectivity index (χ2n) is 3.50. The van der Waals surface area contributed by atoms with Crippen molar-refractivity contribution in [3.05, 3.63) is 23.2 Å². The van der Waals surface area contributed by atoms with E-state index in [1.165, 1.54) is 6.07 Å². The van der Waals surface area contributed by atoms with Gasteiger partial charge in [0.2, 0.25) is 0 Å². The van der Waals surface area contributed by atoms with E-state index in [1.807, 2.05) is 6.92 Å². The fourth-order valence-electron chi connectivity index (χ4n) is 1.39. The lowest BCUT2D eigenvalue weighted by atomic mass is 10.2. The standard InChI is InChI=1S/C12H15NO3/c1-4-9(5-2)13-7-10-6-11(12(14)15)8(3)16-10/h1,6,9,13H,5,7H2,2-3H3,(H,14,15). The maximum Gasteiger partial charge on any atom is 0.339 e. The predicted molar refractivity (Wildman–Crippen MR) is 60.2 cm³/mol. The molecule has 0 fully saturated rings. The first-order valence-electron chi connectivity index (χ1n) is 5.10. The monoisotopic (exact) mass is 221 g/mol. The molecule has 0 saturated carbocycles. The van der Waals surface area contributed by atoms with Crippen molar-refractivity contribution in [3.8, 4) is 12.3 Å². The predicted octanol–water partition coefficient (Wildman–Crippen LogP) is 1.79. The van der Waals surface area contributed by atoms with Crippen LogP contribution in [0, 0.1) is 19.3 Å². The Kier molecular flexibility index (Phi) is 4.15. The van der Waals surface area contributed by atoms with Gasteiger partial charge in [0.05, 0.1) is 12.6 Å². The van der Waals surface area contributed by atoms with Crippen LogP contribution >= 0.6 is 0 Å². The molecule has 1 rings (SSSR count). The van der Waals surface area contributed by atoms with Crippen molar-refractivity contribution in [1.29, 1.82) is 0 Å². The lowest BCUT2D eigenvalue weighted by Gasteiger charge is -2.08. The van der Waals surface area contributed by atoms with E-state index in [2.05, 4.69) is 11.2 Å². The molecule has 4 nitrogen and oxygen atoms in total. The molecule has 1 heterocycles. The van der Waals surface area contributed by atoms with Gasteiger partial charge in [-0.25, -0.2) is 4.79 Å². The Morgan fingerprint density at radius 2 is 2.44 bits per heavy atom. The summed E-state index contributed by atoms with van der Waals surface area (Å²) in [7, 11) is 0. The molecule has 4 heteroatoms. The molecule has 0 radical (unpaired) electrons. The van der Waals surface area contributed by atoms with Crippen LogP contribution in [0.1, 0.15) is 35.2 Å². The SMILES string of the molecule is C#CC(CC)NCc1cc(C(=O)O)c(C)o1. The molecule has 1 atom stereocenters. The Labute approximate surface area is 94.7 Å². The molecule has 86 valence electrons. The number of furan rings is 1. The number of carbonyl (C=O) groups is 1. The molecule has 0 saturated heterocycles. The van der Waals surface area contributed by atoms with Crippen LogP contribution in [0.2, 0.25) is 0 Å². The van der Waals surface area contributed by atoms with Crippen molar-refractivity contribution >= 4 is 5.97 Å². The average Bonchev–Trinajstić information content (AvgIpc) is 2.61. The fraction of sp³-hybridized carbons (Fsp3) is 0.417. The molecule has 0 bridgehead atoms. The van der Waals surface area contributed by atoms with Crippen LogP contribution in [0.15, 0.2) is 10.5 Å². The molecule has 0 amide bonds. The van der Waals surface area contributed by atoms with Crippen LogP contribution in [-0.2, 0) is 6.54 Å². The van der Waals surface area contributed by atoms with Crippen LogP contribution in [0.5, 0.6) is 0 Å². The summed E-state index contributed by atoms with van der Waals surface area (Å²) in [5, 5.41) is 11.9. The highest BCUT2D eigenvalue weighted by molar-refractivity contribution is 5.88. The normalized spacial score (nSPS) is 12.1. The third-order valence-electron chi connectivity index (χ3n) is 2.33. The highest BCUT2D eigenvalue weighted by Gasteiger charge is 2.13. The number of hydrogen-bond donors (Lipinski definition) is 2. The molecule has 1 unspecified atom stereocenters. The molecule has 0 aliphatic carbocycles. The van der Waals surface area contributed by atoms with Gasteiger partial charge < -0.3 is 9.52 Å². The topological polar surface area (TPSA) is 62.5 Å². The highest BCUT2D eigenvalue weighted by atomic mass is 16.4. The van der Waals surface area contributed by atoms with Crippen molar-refractivity contribution < 1.29 is 14.3 Å². The van der Waals surface area contributed by atoms with Crippen molar-refractivity contribution in [1.82, 2.24) is 5.32 Å². The zero-order valence-corrected chi connectivity index (χ0v) is 9.41. The smallest absolute Gasteiger partial charge is 0.339 e. The number of carboxylic acid groups (broad SMARTS) is 1. The van der Waals surface area contributed by atoms with E-state index in [4.69, 9.17) is 15.9 Å². The summed E-state index contributed by atoms with van der Waals surface area (Å²) >= 11 is 0. The van der Waals surface area contributed by atoms with E-state index >= 15 is 0 Å². The van der Waals surface area contributed by atoms with Crippen molar-refractivity contribution in [2.75, 3.05) is 0 Å². The number of hydrogen-bond acceptors (Lipinski definition) is 3. The van der Waals surface area contributed by atoms with Crippen LogP contribution in [0.3, 0.4) is 0 Å². The zero-order valence-electron chi connectivity index (χ0n) is 9.41. The molecule has 16 heavy (non-hydrogen) atoms. The summed E-state index contributed by atoms with van der Waals surface area (Å²) in [6.45, 7) is 4.05. The average molecular weight is 221 g/mol. The first-order chi connectivity index (χ1) is 7.58. The fourth-order valence-corrected chi connectivity index (χ4v) is 1.39. The molecule has 0 spiro atoms. The number of aryl methyl sites for hydroxylation is 1. The van der Waals surface area contributed by atoms with Gasteiger partial charge in [-0.3, -0.25) is 5.32 Å². The minimum atomic E-state index is -0.975. The molecule has 0 aliphatic rings. The van der Waals surface area contributed by atoms with Crippen LogP contribution in [-0.4, -0.2) is 17.1 Å². The minimum Gasteiger partial charge on any atom is -0.478 e. The van der Waals surface area contributed by atoms with Gasteiger partial charge in [0.15, 0.2) is 0 Å².